The minimum Gasteiger partial charge on any atom is -0.231 e. The molecule has 0 bridgehead atoms. The van der Waals surface area contributed by atoms with Crippen molar-refractivity contribution >= 4 is 34.1 Å². The Morgan fingerprint density at radius 3 is 2.00 bits per heavy atom. The molecule has 0 aliphatic carbocycles. The number of hydrogen-bond acceptors (Lipinski definition) is 2. The topological polar surface area (TPSA) is 60.2 Å². The highest BCUT2D eigenvalue weighted by atomic mass is 35.5. The quantitative estimate of drug-likeness (QED) is 0.681. The number of thiol groups is 1. The molecule has 0 aromatic heterocycles. The molecule has 1 rings (SSSR count). The summed E-state index contributed by atoms with van der Waals surface area (Å²) in [5, 5.41) is 5.30. The third-order valence-corrected chi connectivity index (χ3v) is 1.81. The first-order chi connectivity index (χ1) is 5.93. The fourth-order valence-corrected chi connectivity index (χ4v) is 0.954. The largest absolute Gasteiger partial charge is 0.231 e. The average molecular weight is 242 g/mol. The molecular formula is C7H9Cl2NO2S. The van der Waals surface area contributed by atoms with Gasteiger partial charge in [-0.15, -0.1) is 0 Å². The van der Waals surface area contributed by atoms with E-state index in [1.165, 1.54) is 0 Å². The van der Waals surface area contributed by atoms with Crippen molar-refractivity contribution in [2.45, 2.75) is 6.92 Å². The van der Waals surface area contributed by atoms with Crippen molar-refractivity contribution in [3.8, 4) is 0 Å². The molecule has 0 fully saturated rings. The van der Waals surface area contributed by atoms with Crippen LogP contribution in [0.2, 0.25) is 10.0 Å². The maximum Gasteiger partial charge on any atom is 0.198 e. The summed E-state index contributed by atoms with van der Waals surface area (Å²) < 4.78 is 17.6. The van der Waals surface area contributed by atoms with E-state index in [-0.39, 0.29) is 0 Å². The molecule has 3 nitrogen and oxygen atoms in total. The molecule has 0 saturated heterocycles. The molecule has 0 heterocycles. The molecule has 0 atom stereocenters. The minimum atomic E-state index is -2.62. The third-order valence-electron chi connectivity index (χ3n) is 1.08. The van der Waals surface area contributed by atoms with Crippen LogP contribution in [0.3, 0.4) is 0 Å². The van der Waals surface area contributed by atoms with E-state index in [1.54, 1.807) is 6.07 Å². The zero-order valence-corrected chi connectivity index (χ0v) is 9.24. The SMILES string of the molecule is Cc1ccc(Cl)c(Cl)c1.N[SH](=O)=O. The second-order valence-electron chi connectivity index (χ2n) is 2.20. The lowest BCUT2D eigenvalue weighted by Crippen LogP contribution is -1.85. The number of benzene rings is 1. The van der Waals surface area contributed by atoms with E-state index < -0.39 is 10.9 Å². The van der Waals surface area contributed by atoms with Gasteiger partial charge in [0.15, 0.2) is 10.9 Å². The van der Waals surface area contributed by atoms with Crippen LogP contribution >= 0.6 is 23.2 Å². The molecule has 0 spiro atoms. The summed E-state index contributed by atoms with van der Waals surface area (Å²) in [4.78, 5) is 0. The van der Waals surface area contributed by atoms with Crippen LogP contribution in [0.25, 0.3) is 0 Å². The lowest BCUT2D eigenvalue weighted by molar-refractivity contribution is 0.616. The molecule has 6 heteroatoms. The van der Waals surface area contributed by atoms with Gasteiger partial charge in [-0.05, 0) is 24.6 Å². The number of aryl methyl sites for hydroxylation is 1. The minimum absolute atomic E-state index is 0.613. The highest BCUT2D eigenvalue weighted by Crippen LogP contribution is 2.21. The van der Waals surface area contributed by atoms with E-state index in [9.17, 15) is 0 Å². The van der Waals surface area contributed by atoms with Crippen LogP contribution in [0.15, 0.2) is 18.2 Å². The van der Waals surface area contributed by atoms with Crippen molar-refractivity contribution in [1.82, 2.24) is 0 Å². The van der Waals surface area contributed by atoms with Gasteiger partial charge in [-0.25, -0.2) is 13.6 Å². The number of rotatable bonds is 0. The van der Waals surface area contributed by atoms with Crippen molar-refractivity contribution in [1.29, 1.82) is 0 Å². The van der Waals surface area contributed by atoms with Gasteiger partial charge in [0.2, 0.25) is 0 Å². The summed E-state index contributed by atoms with van der Waals surface area (Å²) in [7, 11) is -2.62. The molecule has 74 valence electrons. The highest BCUT2D eigenvalue weighted by Gasteiger charge is 1.93. The van der Waals surface area contributed by atoms with Gasteiger partial charge < -0.3 is 0 Å². The summed E-state index contributed by atoms with van der Waals surface area (Å²) in [5.74, 6) is 0. The van der Waals surface area contributed by atoms with Gasteiger partial charge in [-0.3, -0.25) is 0 Å². The Morgan fingerprint density at radius 2 is 1.69 bits per heavy atom. The zero-order valence-electron chi connectivity index (χ0n) is 6.83. The van der Waals surface area contributed by atoms with E-state index in [0.29, 0.717) is 10.0 Å². The molecule has 0 radical (unpaired) electrons. The lowest BCUT2D eigenvalue weighted by atomic mass is 10.2. The fraction of sp³-hybridized carbons (Fsp3) is 0.143. The first-order valence-corrected chi connectivity index (χ1v) is 5.24. The standard InChI is InChI=1S/C7H6Cl2.H3NO2S/c1-5-2-3-6(8)7(9)4-5;1-4(2)3/h2-4H,1H3;4H,(H2,1,2,3). The monoisotopic (exact) mass is 241 g/mol. The van der Waals surface area contributed by atoms with Crippen LogP contribution < -0.4 is 5.14 Å². The Labute approximate surface area is 88.5 Å². The van der Waals surface area contributed by atoms with Crippen LogP contribution in [-0.2, 0) is 10.9 Å². The van der Waals surface area contributed by atoms with E-state index in [0.717, 1.165) is 5.56 Å². The van der Waals surface area contributed by atoms with E-state index in [1.807, 2.05) is 19.1 Å². The van der Waals surface area contributed by atoms with Crippen LogP contribution in [0, 0.1) is 6.92 Å². The first-order valence-electron chi connectivity index (χ1n) is 3.24. The summed E-state index contributed by atoms with van der Waals surface area (Å²) >= 11 is 11.3. The summed E-state index contributed by atoms with van der Waals surface area (Å²) in [6.45, 7) is 1.97. The van der Waals surface area contributed by atoms with Crippen LogP contribution in [0.4, 0.5) is 0 Å². The highest BCUT2D eigenvalue weighted by molar-refractivity contribution is 7.69. The molecule has 1 aromatic carbocycles. The maximum atomic E-state index is 8.81. The number of hydrogen-bond donors (Lipinski definition) is 2. The van der Waals surface area contributed by atoms with Crippen molar-refractivity contribution in [3.05, 3.63) is 33.8 Å². The van der Waals surface area contributed by atoms with Crippen LogP contribution in [-0.4, -0.2) is 8.42 Å². The normalized spacial score (nSPS) is 9.31. The summed E-state index contributed by atoms with van der Waals surface area (Å²) in [5.41, 5.74) is 1.13. The number of nitrogens with two attached hydrogens (primary N) is 1. The lowest BCUT2D eigenvalue weighted by Gasteiger charge is -1.94. The Balaban J connectivity index is 0.000000310. The average Bonchev–Trinajstić information content (AvgIpc) is 1.96. The van der Waals surface area contributed by atoms with Gasteiger partial charge >= 0.3 is 0 Å². The van der Waals surface area contributed by atoms with Crippen molar-refractivity contribution in [2.75, 3.05) is 0 Å². The van der Waals surface area contributed by atoms with Crippen LogP contribution in [0.5, 0.6) is 0 Å². The van der Waals surface area contributed by atoms with E-state index >= 15 is 0 Å². The maximum absolute atomic E-state index is 8.81. The van der Waals surface area contributed by atoms with E-state index in [4.69, 9.17) is 31.6 Å². The summed E-state index contributed by atoms with van der Waals surface area (Å²) in [6.07, 6.45) is 0. The van der Waals surface area contributed by atoms with Gasteiger partial charge in [0.25, 0.3) is 0 Å². The Morgan fingerprint density at radius 1 is 1.23 bits per heavy atom. The fourth-order valence-electron chi connectivity index (χ4n) is 0.601. The molecule has 0 aliphatic heterocycles. The van der Waals surface area contributed by atoms with Gasteiger partial charge in [-0.1, -0.05) is 29.3 Å². The van der Waals surface area contributed by atoms with Crippen molar-refractivity contribution < 1.29 is 8.42 Å². The molecular weight excluding hydrogens is 233 g/mol. The predicted octanol–water partition coefficient (Wildman–Crippen LogP) is 1.77. The van der Waals surface area contributed by atoms with Gasteiger partial charge in [0.05, 0.1) is 10.0 Å². The molecule has 0 amide bonds. The molecule has 0 unspecified atom stereocenters. The Hall–Kier alpha value is -0.290. The second kappa shape index (κ2) is 6.21. The predicted molar refractivity (Wildman–Crippen MR) is 55.7 cm³/mol. The molecule has 0 saturated carbocycles. The molecule has 1 aromatic rings. The second-order valence-corrected chi connectivity index (χ2v) is 3.59. The van der Waals surface area contributed by atoms with Gasteiger partial charge in [-0.2, -0.15) is 0 Å². The van der Waals surface area contributed by atoms with Gasteiger partial charge in [0, 0.05) is 0 Å². The van der Waals surface area contributed by atoms with Crippen molar-refractivity contribution in [3.63, 3.8) is 0 Å². The van der Waals surface area contributed by atoms with Crippen LogP contribution in [0.1, 0.15) is 5.56 Å². The van der Waals surface area contributed by atoms with E-state index in [2.05, 4.69) is 5.14 Å². The molecule has 0 aliphatic rings. The Bertz CT molecular complexity index is 344. The molecule has 13 heavy (non-hydrogen) atoms. The first kappa shape index (κ1) is 12.7. The van der Waals surface area contributed by atoms with Gasteiger partial charge in [0.1, 0.15) is 0 Å². The zero-order chi connectivity index (χ0) is 10.4. The smallest absolute Gasteiger partial charge is 0.198 e. The Kier molecular flexibility index (Phi) is 6.07. The summed E-state index contributed by atoms with van der Waals surface area (Å²) in [6, 6.07) is 5.55. The molecule has 2 N–H and O–H groups in total. The number of halogens is 2. The van der Waals surface area contributed by atoms with Crippen molar-refractivity contribution in [2.24, 2.45) is 5.14 Å². The third kappa shape index (κ3) is 6.83.